The van der Waals surface area contributed by atoms with E-state index >= 15 is 0 Å². The van der Waals surface area contributed by atoms with E-state index in [1.54, 1.807) is 0 Å². The number of unbranched alkanes of at least 4 members (excludes halogenated alkanes) is 26. The first-order valence-corrected chi connectivity index (χ1v) is 33.2. The van der Waals surface area contributed by atoms with Gasteiger partial charge in [0.25, 0.3) is 0 Å². The molecular weight excluding hydrogens is 985 g/mol. The molecule has 0 N–H and O–H groups in total. The molecule has 0 aromatic heterocycles. The molecule has 1 unspecified atom stereocenters. The van der Waals surface area contributed by atoms with Gasteiger partial charge in [0.2, 0.25) is 0 Å². The standard InChI is InChI=1S/C74H122O6/c1-4-7-10-13-16-19-22-25-28-30-32-34-36-37-39-40-42-44-46-49-52-55-58-61-64-67-73(76)79-70-71(69-78-72(75)66-63-60-57-54-51-48-27-24-21-18-15-12-9-6-3)80-74(77)68-65-62-59-56-53-50-47-45-43-41-38-35-33-31-29-26-23-20-17-14-11-8-5-2/h7-8,10-11,16-17,19-20,24-29,32-35,37,39,42,44,71H,4-6,9,12-15,18,21-23,30-31,36,38,40-41,43,45-70H2,1-3H3/b10-7-,11-8-,19-16-,20-17-,27-24-,28-25-,29-26-,34-32-,35-33-,39-37-,44-42-. The molecule has 0 aliphatic carbocycles. The second-order valence-electron chi connectivity index (χ2n) is 21.6. The molecule has 0 aromatic rings. The van der Waals surface area contributed by atoms with Gasteiger partial charge in [-0.2, -0.15) is 0 Å². The zero-order valence-electron chi connectivity index (χ0n) is 52.0. The van der Waals surface area contributed by atoms with E-state index in [-0.39, 0.29) is 31.1 Å². The smallest absolute Gasteiger partial charge is 0.306 e. The second kappa shape index (κ2) is 67.1. The number of carbonyl (C=O) groups excluding carboxylic acids is 3. The molecule has 1 atom stereocenters. The third-order valence-electron chi connectivity index (χ3n) is 13.9. The van der Waals surface area contributed by atoms with Gasteiger partial charge in [0.05, 0.1) is 0 Å². The summed E-state index contributed by atoms with van der Waals surface area (Å²) < 4.78 is 16.9. The lowest BCUT2D eigenvalue weighted by molar-refractivity contribution is -0.167. The Balaban J connectivity index is 4.41. The second-order valence-corrected chi connectivity index (χ2v) is 21.6. The largest absolute Gasteiger partial charge is 0.462 e. The van der Waals surface area contributed by atoms with Gasteiger partial charge in [0.15, 0.2) is 6.10 Å². The summed E-state index contributed by atoms with van der Waals surface area (Å²) in [4.78, 5) is 38.4. The Kier molecular flexibility index (Phi) is 63.3. The topological polar surface area (TPSA) is 78.9 Å². The first kappa shape index (κ1) is 75.5. The maximum absolute atomic E-state index is 12.9. The molecule has 0 radical (unpaired) electrons. The highest BCUT2D eigenvalue weighted by molar-refractivity contribution is 5.71. The molecule has 6 nitrogen and oxygen atoms in total. The van der Waals surface area contributed by atoms with Crippen molar-refractivity contribution in [3.63, 3.8) is 0 Å². The van der Waals surface area contributed by atoms with E-state index in [0.29, 0.717) is 19.3 Å². The van der Waals surface area contributed by atoms with Crippen LogP contribution >= 0.6 is 0 Å². The molecule has 0 spiro atoms. The molecule has 0 amide bonds. The molecule has 0 heterocycles. The number of rotatable bonds is 59. The summed E-state index contributed by atoms with van der Waals surface area (Å²) >= 11 is 0. The van der Waals surface area contributed by atoms with Gasteiger partial charge in [0, 0.05) is 19.3 Å². The van der Waals surface area contributed by atoms with Crippen LogP contribution in [0.1, 0.15) is 297 Å². The zero-order chi connectivity index (χ0) is 57.8. The van der Waals surface area contributed by atoms with Gasteiger partial charge in [-0.1, -0.05) is 276 Å². The fourth-order valence-electron chi connectivity index (χ4n) is 8.96. The van der Waals surface area contributed by atoms with Crippen LogP contribution in [-0.2, 0) is 28.6 Å². The number of carbonyl (C=O) groups is 3. The minimum atomic E-state index is -0.796. The van der Waals surface area contributed by atoms with Crippen molar-refractivity contribution >= 4 is 17.9 Å². The highest BCUT2D eigenvalue weighted by atomic mass is 16.6. The van der Waals surface area contributed by atoms with E-state index in [4.69, 9.17) is 14.2 Å². The first-order chi connectivity index (χ1) is 39.5. The van der Waals surface area contributed by atoms with Crippen molar-refractivity contribution in [1.82, 2.24) is 0 Å². The molecule has 0 rings (SSSR count). The summed E-state index contributed by atoms with van der Waals surface area (Å²) in [6.45, 7) is 6.40. The van der Waals surface area contributed by atoms with E-state index < -0.39 is 6.10 Å². The van der Waals surface area contributed by atoms with E-state index in [1.165, 1.54) is 116 Å². The van der Waals surface area contributed by atoms with Crippen LogP contribution in [0.5, 0.6) is 0 Å². The highest BCUT2D eigenvalue weighted by Crippen LogP contribution is 2.15. The molecule has 0 aliphatic rings. The number of hydrogen-bond acceptors (Lipinski definition) is 6. The Hall–Kier alpha value is -4.45. The average Bonchev–Trinajstić information content (AvgIpc) is 3.46. The van der Waals surface area contributed by atoms with Crippen LogP contribution < -0.4 is 0 Å². The summed E-state index contributed by atoms with van der Waals surface area (Å²) in [5.74, 6) is -0.914. The number of ether oxygens (including phenoxy) is 3. The van der Waals surface area contributed by atoms with E-state index in [0.717, 1.165) is 141 Å². The van der Waals surface area contributed by atoms with Crippen molar-refractivity contribution in [3.8, 4) is 0 Å². The van der Waals surface area contributed by atoms with Gasteiger partial charge >= 0.3 is 17.9 Å². The first-order valence-electron chi connectivity index (χ1n) is 33.2. The van der Waals surface area contributed by atoms with Crippen LogP contribution in [-0.4, -0.2) is 37.2 Å². The fraction of sp³-hybridized carbons (Fsp3) is 0.662. The quantitative estimate of drug-likeness (QED) is 0.0261. The van der Waals surface area contributed by atoms with Crippen LogP contribution in [0.2, 0.25) is 0 Å². The Morgan fingerprint density at radius 3 is 0.775 bits per heavy atom. The number of esters is 3. The van der Waals surface area contributed by atoms with E-state index in [9.17, 15) is 14.4 Å². The third-order valence-corrected chi connectivity index (χ3v) is 13.9. The van der Waals surface area contributed by atoms with Gasteiger partial charge in [-0.15, -0.1) is 0 Å². The SMILES string of the molecule is CC/C=C\C/C=C\C/C=C\C/C=C\C/C=C\C/C=C\CCCCCCCCC(=O)OCC(COC(=O)CCCCCCC/C=C\CCCCCCC)OC(=O)CCCCCCCCCCCC/C=C\C/C=C\C/C=C\C/C=C\CC. The van der Waals surface area contributed by atoms with Crippen LogP contribution in [0.25, 0.3) is 0 Å². The summed E-state index contributed by atoms with van der Waals surface area (Å²) in [6.07, 6.45) is 94.5. The summed E-state index contributed by atoms with van der Waals surface area (Å²) in [5.41, 5.74) is 0. The monoisotopic (exact) mass is 1110 g/mol. The molecule has 0 aliphatic heterocycles. The van der Waals surface area contributed by atoms with Crippen molar-refractivity contribution in [2.75, 3.05) is 13.2 Å². The Morgan fingerprint density at radius 2 is 0.487 bits per heavy atom. The van der Waals surface area contributed by atoms with Crippen molar-refractivity contribution in [3.05, 3.63) is 134 Å². The van der Waals surface area contributed by atoms with Crippen molar-refractivity contribution in [2.45, 2.75) is 303 Å². The fourth-order valence-corrected chi connectivity index (χ4v) is 8.96. The van der Waals surface area contributed by atoms with E-state index in [1.807, 2.05) is 0 Å². The lowest BCUT2D eigenvalue weighted by Gasteiger charge is -2.18. The Morgan fingerprint density at radius 1 is 0.263 bits per heavy atom. The van der Waals surface area contributed by atoms with Crippen molar-refractivity contribution < 1.29 is 28.6 Å². The minimum Gasteiger partial charge on any atom is -0.462 e. The maximum Gasteiger partial charge on any atom is 0.306 e. The highest BCUT2D eigenvalue weighted by Gasteiger charge is 2.19. The lowest BCUT2D eigenvalue weighted by Crippen LogP contribution is -2.30. The van der Waals surface area contributed by atoms with Gasteiger partial charge in [0.1, 0.15) is 13.2 Å². The van der Waals surface area contributed by atoms with Gasteiger partial charge < -0.3 is 14.2 Å². The predicted molar refractivity (Wildman–Crippen MR) is 348 cm³/mol. The number of allylic oxidation sites excluding steroid dienone is 22. The molecule has 0 saturated carbocycles. The molecule has 454 valence electrons. The van der Waals surface area contributed by atoms with Crippen molar-refractivity contribution in [1.29, 1.82) is 0 Å². The van der Waals surface area contributed by atoms with Gasteiger partial charge in [-0.05, 0) is 135 Å². The minimum absolute atomic E-state index is 0.0915. The third kappa shape index (κ3) is 64.4. The molecule has 0 saturated heterocycles. The summed E-state index contributed by atoms with van der Waals surface area (Å²) in [5, 5.41) is 0. The Bertz CT molecular complexity index is 1700. The van der Waals surface area contributed by atoms with Crippen LogP contribution in [0.15, 0.2) is 134 Å². The molecule has 0 fully saturated rings. The lowest BCUT2D eigenvalue weighted by atomic mass is 10.0. The summed E-state index contributed by atoms with van der Waals surface area (Å²) in [6, 6.07) is 0. The van der Waals surface area contributed by atoms with Crippen LogP contribution in [0, 0.1) is 0 Å². The van der Waals surface area contributed by atoms with Crippen LogP contribution in [0.3, 0.4) is 0 Å². The van der Waals surface area contributed by atoms with Gasteiger partial charge in [-0.3, -0.25) is 14.4 Å². The summed E-state index contributed by atoms with van der Waals surface area (Å²) in [7, 11) is 0. The molecule has 6 heteroatoms. The molecule has 0 bridgehead atoms. The van der Waals surface area contributed by atoms with Gasteiger partial charge in [-0.25, -0.2) is 0 Å². The van der Waals surface area contributed by atoms with Crippen molar-refractivity contribution in [2.24, 2.45) is 0 Å². The van der Waals surface area contributed by atoms with Crippen LogP contribution in [0.4, 0.5) is 0 Å². The maximum atomic E-state index is 12.9. The normalized spacial score (nSPS) is 13.0. The number of hydrogen-bond donors (Lipinski definition) is 0. The molecule has 80 heavy (non-hydrogen) atoms. The zero-order valence-corrected chi connectivity index (χ0v) is 52.0. The average molecular weight is 1110 g/mol. The molecular formula is C74H122O6. The van der Waals surface area contributed by atoms with E-state index in [2.05, 4.69) is 154 Å². The predicted octanol–water partition coefficient (Wildman–Crippen LogP) is 22.9. The Labute approximate surface area is 494 Å². The molecule has 0 aromatic carbocycles.